The topological polar surface area (TPSA) is 56.8 Å². The maximum atomic E-state index is 11.2. The number of rotatable bonds is 8. The molecule has 0 rings (SSSR count). The van der Waals surface area contributed by atoms with Crippen LogP contribution in [0.2, 0.25) is 0 Å². The number of alkyl carbamates (subject to hydrolysis) is 1. The van der Waals surface area contributed by atoms with Crippen LogP contribution in [0.25, 0.3) is 0 Å². The van der Waals surface area contributed by atoms with E-state index >= 15 is 0 Å². The third kappa shape index (κ3) is 14.2. The largest absolute Gasteiger partial charge is 0.444 e. The zero-order valence-corrected chi connectivity index (χ0v) is 13.4. The van der Waals surface area contributed by atoms with E-state index in [1.165, 1.54) is 9.21 Å². The summed E-state index contributed by atoms with van der Waals surface area (Å²) in [5.74, 6) is 0. The highest BCUT2D eigenvalue weighted by Crippen LogP contribution is 2.11. The third-order valence-electron chi connectivity index (χ3n) is 1.49. The predicted octanol–water partition coefficient (Wildman–Crippen LogP) is 2.93. The zero-order valence-electron chi connectivity index (χ0n) is 10.5. The minimum Gasteiger partial charge on any atom is -0.444 e. The number of nitrogens with one attached hydrogen (secondary N) is 1. The fourth-order valence-corrected chi connectivity index (χ4v) is 1.58. The van der Waals surface area contributed by atoms with Gasteiger partial charge in [0.15, 0.2) is 0 Å². The van der Waals surface area contributed by atoms with Crippen LogP contribution in [0.4, 0.5) is 4.79 Å². The van der Waals surface area contributed by atoms with Gasteiger partial charge in [-0.15, -0.1) is 0 Å². The highest BCUT2D eigenvalue weighted by Gasteiger charge is 2.15. The Morgan fingerprint density at radius 3 is 2.59 bits per heavy atom. The van der Waals surface area contributed by atoms with Gasteiger partial charge in [0.25, 0.3) is 0 Å². The quantitative estimate of drug-likeness (QED) is 0.401. The molecule has 17 heavy (non-hydrogen) atoms. The second-order valence-corrected chi connectivity index (χ2v) is 5.72. The Morgan fingerprint density at radius 2 is 2.00 bits per heavy atom. The van der Waals surface area contributed by atoms with E-state index in [4.69, 9.17) is 13.7 Å². The zero-order chi connectivity index (χ0) is 13.1. The molecule has 0 atom stereocenters. The summed E-state index contributed by atoms with van der Waals surface area (Å²) in [6, 6.07) is 0. The highest BCUT2D eigenvalue weighted by atomic mass is 127. The molecule has 0 aliphatic carbocycles. The van der Waals surface area contributed by atoms with Gasteiger partial charge < -0.3 is 19.0 Å². The van der Waals surface area contributed by atoms with E-state index in [-0.39, 0.29) is 6.09 Å². The molecule has 0 spiro atoms. The Bertz CT molecular complexity index is 211. The SMILES string of the molecule is CC(C)(C)OC(=O)NCCCOCCOSI. The number of halogens is 1. The first-order valence-corrected chi connectivity index (χ1v) is 8.69. The van der Waals surface area contributed by atoms with Crippen LogP contribution in [-0.2, 0) is 13.7 Å². The van der Waals surface area contributed by atoms with Gasteiger partial charge in [-0.3, -0.25) is 0 Å². The van der Waals surface area contributed by atoms with Crippen LogP contribution < -0.4 is 5.32 Å². The lowest BCUT2D eigenvalue weighted by atomic mass is 10.2. The van der Waals surface area contributed by atoms with Crippen LogP contribution in [0.3, 0.4) is 0 Å². The number of carbonyl (C=O) groups excluding carboxylic acids is 1. The molecule has 0 radical (unpaired) electrons. The number of hydrogen-bond acceptors (Lipinski definition) is 5. The molecule has 0 bridgehead atoms. The van der Waals surface area contributed by atoms with Crippen molar-refractivity contribution in [3.63, 3.8) is 0 Å². The van der Waals surface area contributed by atoms with Crippen LogP contribution >= 0.6 is 30.4 Å². The molecule has 5 nitrogen and oxygen atoms in total. The smallest absolute Gasteiger partial charge is 0.407 e. The van der Waals surface area contributed by atoms with Gasteiger partial charge in [-0.25, -0.2) is 4.79 Å². The molecule has 102 valence electrons. The molecule has 0 aromatic rings. The molecule has 0 aromatic heterocycles. The first-order chi connectivity index (χ1) is 7.95. The monoisotopic (exact) mass is 377 g/mol. The van der Waals surface area contributed by atoms with E-state index in [1.807, 2.05) is 20.8 Å². The Kier molecular flexibility index (Phi) is 10.4. The van der Waals surface area contributed by atoms with Crippen LogP contribution in [0.1, 0.15) is 27.2 Å². The number of hydrogen-bond donors (Lipinski definition) is 1. The maximum absolute atomic E-state index is 11.2. The summed E-state index contributed by atoms with van der Waals surface area (Å²) in [6.07, 6.45) is 0.374. The summed E-state index contributed by atoms with van der Waals surface area (Å²) in [6.45, 7) is 7.81. The minimum absolute atomic E-state index is 0.387. The number of carbonyl (C=O) groups is 1. The van der Waals surface area contributed by atoms with Crippen molar-refractivity contribution < 1.29 is 18.5 Å². The summed E-state index contributed by atoms with van der Waals surface area (Å²) in [4.78, 5) is 11.2. The molecular formula is C10H20INO4S. The molecule has 1 amide bonds. The van der Waals surface area contributed by atoms with Crippen molar-refractivity contribution in [2.24, 2.45) is 0 Å². The van der Waals surface area contributed by atoms with Gasteiger partial charge in [-0.2, -0.15) is 0 Å². The van der Waals surface area contributed by atoms with Gasteiger partial charge in [0.2, 0.25) is 0 Å². The molecule has 0 saturated carbocycles. The van der Waals surface area contributed by atoms with Crippen molar-refractivity contribution in [1.82, 2.24) is 5.32 Å². The summed E-state index contributed by atoms with van der Waals surface area (Å²) in [5.41, 5.74) is -0.449. The average molecular weight is 377 g/mol. The second kappa shape index (κ2) is 10.2. The fraction of sp³-hybridized carbons (Fsp3) is 0.900. The highest BCUT2D eigenvalue weighted by molar-refractivity contribution is 14.2. The Morgan fingerprint density at radius 1 is 1.29 bits per heavy atom. The van der Waals surface area contributed by atoms with E-state index in [1.54, 1.807) is 0 Å². The van der Waals surface area contributed by atoms with Crippen molar-refractivity contribution in [1.29, 1.82) is 0 Å². The van der Waals surface area contributed by atoms with Crippen molar-refractivity contribution >= 4 is 36.5 Å². The third-order valence-corrected chi connectivity index (χ3v) is 2.51. The molecule has 0 unspecified atom stereocenters. The average Bonchev–Trinajstić information content (AvgIpc) is 2.19. The van der Waals surface area contributed by atoms with Crippen molar-refractivity contribution in [3.8, 4) is 0 Å². The van der Waals surface area contributed by atoms with Crippen molar-refractivity contribution in [3.05, 3.63) is 0 Å². The van der Waals surface area contributed by atoms with Gasteiger partial charge in [0.1, 0.15) is 5.60 Å². The molecule has 0 aliphatic heterocycles. The van der Waals surface area contributed by atoms with Crippen molar-refractivity contribution in [2.75, 3.05) is 26.4 Å². The Hall–Kier alpha value is 0.270. The Labute approximate surface area is 119 Å². The summed E-state index contributed by atoms with van der Waals surface area (Å²) >= 11 is 2.06. The summed E-state index contributed by atoms with van der Waals surface area (Å²) in [5, 5.41) is 2.66. The van der Waals surface area contributed by atoms with Crippen LogP contribution in [0, 0.1) is 0 Å². The van der Waals surface area contributed by atoms with Crippen molar-refractivity contribution in [2.45, 2.75) is 32.8 Å². The molecule has 0 heterocycles. The Balaban J connectivity index is 3.25. The first kappa shape index (κ1) is 17.3. The predicted molar refractivity (Wildman–Crippen MR) is 77.2 cm³/mol. The van der Waals surface area contributed by atoms with E-state index in [0.29, 0.717) is 26.4 Å². The molecule has 1 N–H and O–H groups in total. The van der Waals surface area contributed by atoms with Gasteiger partial charge in [0, 0.05) is 34.4 Å². The number of amides is 1. The van der Waals surface area contributed by atoms with Crippen LogP contribution in [0.15, 0.2) is 0 Å². The van der Waals surface area contributed by atoms with E-state index in [0.717, 1.165) is 6.42 Å². The van der Waals surface area contributed by atoms with Gasteiger partial charge in [-0.1, -0.05) is 0 Å². The molecule has 0 aromatic carbocycles. The normalized spacial score (nSPS) is 11.3. The molecule has 0 fully saturated rings. The standard InChI is InChI=1S/C10H20INO4S/c1-10(2,3)16-9(13)12-5-4-6-14-7-8-15-17-11/h4-8H2,1-3H3,(H,12,13). The molecule has 0 aliphatic rings. The van der Waals surface area contributed by atoms with Gasteiger partial charge >= 0.3 is 6.09 Å². The van der Waals surface area contributed by atoms with Gasteiger partial charge in [-0.05, 0) is 27.2 Å². The lowest BCUT2D eigenvalue weighted by Gasteiger charge is -2.19. The van der Waals surface area contributed by atoms with Gasteiger partial charge in [0.05, 0.1) is 22.4 Å². The van der Waals surface area contributed by atoms with Crippen LogP contribution in [0.5, 0.6) is 0 Å². The lowest BCUT2D eigenvalue weighted by Crippen LogP contribution is -2.33. The van der Waals surface area contributed by atoms with E-state index < -0.39 is 5.60 Å². The second-order valence-electron chi connectivity index (χ2n) is 4.28. The first-order valence-electron chi connectivity index (χ1n) is 5.40. The minimum atomic E-state index is -0.449. The molecular weight excluding hydrogens is 357 g/mol. The fourth-order valence-electron chi connectivity index (χ4n) is 0.905. The van der Waals surface area contributed by atoms with Crippen LogP contribution in [-0.4, -0.2) is 38.1 Å². The summed E-state index contributed by atoms with van der Waals surface area (Å²) in [7, 11) is 1.30. The lowest BCUT2D eigenvalue weighted by molar-refractivity contribution is 0.0517. The maximum Gasteiger partial charge on any atom is 0.407 e. The molecule has 0 saturated heterocycles. The molecule has 7 heteroatoms. The van der Waals surface area contributed by atoms with E-state index in [2.05, 4.69) is 26.5 Å². The number of ether oxygens (including phenoxy) is 2. The summed E-state index contributed by atoms with van der Waals surface area (Å²) < 4.78 is 15.4. The van der Waals surface area contributed by atoms with E-state index in [9.17, 15) is 4.79 Å².